The maximum Gasteiger partial charge on any atom is 0.255 e. The minimum Gasteiger partial charge on any atom is -0.493 e. The van der Waals surface area contributed by atoms with Gasteiger partial charge in [0, 0.05) is 32.1 Å². The minimum absolute atomic E-state index is 0.124. The summed E-state index contributed by atoms with van der Waals surface area (Å²) in [5.74, 6) is 1.50. The van der Waals surface area contributed by atoms with Gasteiger partial charge in [0.05, 0.1) is 30.4 Å². The molecule has 0 aliphatic carbocycles. The fourth-order valence-electron chi connectivity index (χ4n) is 6.60. The fraction of sp³-hybridized carbons (Fsp3) is 0.412. The summed E-state index contributed by atoms with van der Waals surface area (Å²) >= 11 is 0. The monoisotopic (exact) mass is 599 g/mol. The largest absolute Gasteiger partial charge is 0.493 e. The van der Waals surface area contributed by atoms with E-state index in [-0.39, 0.29) is 37.3 Å². The Morgan fingerprint density at radius 2 is 1.73 bits per heavy atom. The molecule has 0 radical (unpaired) electrons. The van der Waals surface area contributed by atoms with Gasteiger partial charge < -0.3 is 34.7 Å². The zero-order chi connectivity index (χ0) is 30.0. The molecule has 2 fully saturated rings. The van der Waals surface area contributed by atoms with Gasteiger partial charge in [-0.05, 0) is 60.2 Å². The molecule has 7 rings (SSSR count). The van der Waals surface area contributed by atoms with Crippen molar-refractivity contribution in [1.82, 2.24) is 15.5 Å². The molecular weight excluding hydrogens is 562 g/mol. The van der Waals surface area contributed by atoms with Crippen LogP contribution in [0.15, 0.2) is 66.7 Å². The number of carbonyl (C=O) groups excluding carboxylic acids is 2. The number of rotatable bonds is 3. The lowest BCUT2D eigenvalue weighted by atomic mass is 9.99. The Kier molecular flexibility index (Phi) is 8.12. The highest BCUT2D eigenvalue weighted by Gasteiger charge is 2.39. The van der Waals surface area contributed by atoms with Gasteiger partial charge in [0.1, 0.15) is 11.9 Å². The van der Waals surface area contributed by atoms with E-state index in [1.807, 2.05) is 66.7 Å². The second-order valence-electron chi connectivity index (χ2n) is 11.9. The van der Waals surface area contributed by atoms with Crippen LogP contribution in [-0.4, -0.2) is 78.7 Å². The van der Waals surface area contributed by atoms with Gasteiger partial charge in [0.15, 0.2) is 11.5 Å². The number of amides is 2. The first-order valence-electron chi connectivity index (χ1n) is 15.4. The summed E-state index contributed by atoms with van der Waals surface area (Å²) in [5, 5.41) is 16.9. The normalized spacial score (nSPS) is 27.2. The van der Waals surface area contributed by atoms with E-state index in [1.54, 1.807) is 0 Å². The molecule has 0 unspecified atom stereocenters. The van der Waals surface area contributed by atoms with Crippen LogP contribution in [0.2, 0.25) is 0 Å². The second-order valence-corrected chi connectivity index (χ2v) is 11.9. The molecule has 0 aromatic heterocycles. The lowest BCUT2D eigenvalue weighted by Gasteiger charge is -2.34. The minimum atomic E-state index is -0.652. The molecule has 5 atom stereocenters. The van der Waals surface area contributed by atoms with Gasteiger partial charge in [0.2, 0.25) is 12.7 Å². The molecule has 230 valence electrons. The smallest absolute Gasteiger partial charge is 0.255 e. The number of fused-ring (bicyclic) bond motifs is 6. The standard InChI is InChI=1S/C34H37N3O7/c38-28-10-8-25-12-13-41-30-15-23(22-4-2-1-3-5-22)7-9-26(30)33(39)36-24-16-27(34(40)35-17-32(28)44-25)37(19-24)18-21-6-11-29-31(14-21)43-20-42-29/h1-7,9,11,14-15,24-25,27-28,32,38H,8,10,12-13,16-20H2,(H,35,40)(H,36,39)/t24-,25-,27-,28-,32+/m0/s1. The van der Waals surface area contributed by atoms with Crippen molar-refractivity contribution in [2.24, 2.45) is 0 Å². The Morgan fingerprint density at radius 1 is 0.864 bits per heavy atom. The Bertz CT molecular complexity index is 1520. The van der Waals surface area contributed by atoms with Crippen LogP contribution in [-0.2, 0) is 16.1 Å². The van der Waals surface area contributed by atoms with E-state index in [0.29, 0.717) is 68.2 Å². The van der Waals surface area contributed by atoms with Crippen molar-refractivity contribution >= 4 is 11.8 Å². The summed E-state index contributed by atoms with van der Waals surface area (Å²) in [6.45, 7) is 1.74. The van der Waals surface area contributed by atoms with Crippen LogP contribution in [0.5, 0.6) is 17.2 Å². The van der Waals surface area contributed by atoms with Crippen LogP contribution in [0.3, 0.4) is 0 Å². The number of benzene rings is 3. The highest BCUT2D eigenvalue weighted by molar-refractivity contribution is 5.98. The third-order valence-electron chi connectivity index (χ3n) is 8.95. The van der Waals surface area contributed by atoms with E-state index in [4.69, 9.17) is 18.9 Å². The fourth-order valence-corrected chi connectivity index (χ4v) is 6.60. The molecule has 4 bridgehead atoms. The predicted molar refractivity (Wildman–Crippen MR) is 162 cm³/mol. The lowest BCUT2D eigenvalue weighted by Crippen LogP contribution is -2.50. The summed E-state index contributed by atoms with van der Waals surface area (Å²) in [5.41, 5.74) is 3.41. The molecule has 3 aromatic carbocycles. The van der Waals surface area contributed by atoms with Crippen molar-refractivity contribution in [1.29, 1.82) is 0 Å². The molecule has 10 heteroatoms. The quantitative estimate of drug-likeness (QED) is 0.420. The molecule has 3 aromatic rings. The van der Waals surface area contributed by atoms with Gasteiger partial charge in [-0.25, -0.2) is 0 Å². The molecule has 0 spiro atoms. The predicted octanol–water partition coefficient (Wildman–Crippen LogP) is 3.26. The Morgan fingerprint density at radius 3 is 2.61 bits per heavy atom. The number of carbonyl (C=O) groups is 2. The molecule has 4 heterocycles. The number of hydrogen-bond donors (Lipinski definition) is 3. The molecule has 10 nitrogen and oxygen atoms in total. The van der Waals surface area contributed by atoms with E-state index in [1.165, 1.54) is 0 Å². The molecule has 3 N–H and O–H groups in total. The number of ether oxygens (including phenoxy) is 4. The molecular formula is C34H37N3O7. The maximum atomic E-state index is 13.7. The van der Waals surface area contributed by atoms with Crippen molar-refractivity contribution in [2.45, 2.75) is 62.6 Å². The van der Waals surface area contributed by atoms with E-state index < -0.39 is 18.2 Å². The topological polar surface area (TPSA) is 119 Å². The van der Waals surface area contributed by atoms with E-state index in [2.05, 4.69) is 15.5 Å². The van der Waals surface area contributed by atoms with Gasteiger partial charge in [-0.1, -0.05) is 42.5 Å². The number of hydrogen-bond acceptors (Lipinski definition) is 8. The molecule has 4 aliphatic rings. The Balaban J connectivity index is 1.17. The molecule has 0 saturated carbocycles. The first kappa shape index (κ1) is 28.6. The number of nitrogens with one attached hydrogen (secondary N) is 2. The second kappa shape index (κ2) is 12.5. The third-order valence-corrected chi connectivity index (χ3v) is 8.95. The van der Waals surface area contributed by atoms with Gasteiger partial charge in [-0.15, -0.1) is 0 Å². The van der Waals surface area contributed by atoms with Crippen LogP contribution in [0, 0.1) is 0 Å². The molecule has 2 saturated heterocycles. The summed E-state index contributed by atoms with van der Waals surface area (Å²) in [4.78, 5) is 29.4. The van der Waals surface area contributed by atoms with E-state index in [9.17, 15) is 14.7 Å². The number of nitrogens with zero attached hydrogens (tertiary/aromatic N) is 1. The first-order valence-corrected chi connectivity index (χ1v) is 15.4. The van der Waals surface area contributed by atoms with Crippen molar-refractivity contribution in [3.8, 4) is 28.4 Å². The van der Waals surface area contributed by atoms with Gasteiger partial charge >= 0.3 is 0 Å². The van der Waals surface area contributed by atoms with Gasteiger partial charge in [-0.3, -0.25) is 14.5 Å². The van der Waals surface area contributed by atoms with Crippen LogP contribution in [0.4, 0.5) is 0 Å². The van der Waals surface area contributed by atoms with Crippen LogP contribution in [0.25, 0.3) is 11.1 Å². The summed E-state index contributed by atoms with van der Waals surface area (Å²) in [6.07, 6.45) is 1.05. The summed E-state index contributed by atoms with van der Waals surface area (Å²) < 4.78 is 23.5. The Hall–Kier alpha value is -4.12. The van der Waals surface area contributed by atoms with Crippen molar-refractivity contribution in [3.05, 3.63) is 77.9 Å². The molecule has 4 aliphatic heterocycles. The first-order chi connectivity index (χ1) is 21.5. The number of aliphatic hydroxyl groups excluding tert-OH is 1. The van der Waals surface area contributed by atoms with Gasteiger partial charge in [-0.2, -0.15) is 0 Å². The third kappa shape index (κ3) is 6.10. The Labute approximate surface area is 256 Å². The highest BCUT2D eigenvalue weighted by Crippen LogP contribution is 2.34. The van der Waals surface area contributed by atoms with Crippen molar-refractivity contribution in [2.75, 3.05) is 26.5 Å². The lowest BCUT2D eigenvalue weighted by molar-refractivity contribution is -0.133. The molecule has 2 amide bonds. The highest BCUT2D eigenvalue weighted by atomic mass is 16.7. The van der Waals surface area contributed by atoms with Crippen LogP contribution >= 0.6 is 0 Å². The molecule has 44 heavy (non-hydrogen) atoms. The maximum absolute atomic E-state index is 13.7. The average Bonchev–Trinajstić information content (AvgIpc) is 3.67. The van der Waals surface area contributed by atoms with E-state index >= 15 is 0 Å². The summed E-state index contributed by atoms with van der Waals surface area (Å²) in [7, 11) is 0. The zero-order valence-corrected chi connectivity index (χ0v) is 24.4. The number of likely N-dealkylation sites (tertiary alicyclic amines) is 1. The zero-order valence-electron chi connectivity index (χ0n) is 24.4. The SMILES string of the molecule is O=C1N[C@H]2C[C@@H](C(=O)NC[C@H]3O[C@H](CCOc4cc(-c5ccccc5)ccc41)CC[C@@H]3O)N(Cc1ccc3c(c1)OCO3)C2. The van der Waals surface area contributed by atoms with Crippen LogP contribution < -0.4 is 24.8 Å². The van der Waals surface area contributed by atoms with Crippen molar-refractivity contribution < 1.29 is 33.6 Å². The average molecular weight is 600 g/mol. The van der Waals surface area contributed by atoms with Crippen molar-refractivity contribution in [3.63, 3.8) is 0 Å². The number of aliphatic hydroxyl groups is 1. The summed E-state index contributed by atoms with van der Waals surface area (Å²) in [6, 6.07) is 20.7. The van der Waals surface area contributed by atoms with Gasteiger partial charge in [0.25, 0.3) is 5.91 Å². The van der Waals surface area contributed by atoms with E-state index in [0.717, 1.165) is 16.7 Å². The van der Waals surface area contributed by atoms with Crippen LogP contribution in [0.1, 0.15) is 41.6 Å².